The molecule has 0 amide bonds. The molecule has 10 aromatic carbocycles. The van der Waals surface area contributed by atoms with Crippen LogP contribution in [0.1, 0.15) is 25.0 Å². The van der Waals surface area contributed by atoms with Crippen molar-refractivity contribution in [2.75, 3.05) is 0 Å². The monoisotopic (exact) mass is 712 g/mol. The van der Waals surface area contributed by atoms with Crippen LogP contribution in [0.3, 0.4) is 0 Å². The van der Waals surface area contributed by atoms with Crippen molar-refractivity contribution in [2.24, 2.45) is 0 Å². The summed E-state index contributed by atoms with van der Waals surface area (Å²) in [5.41, 5.74) is 14.3. The van der Waals surface area contributed by atoms with E-state index in [0.29, 0.717) is 0 Å². The molecule has 0 atom stereocenters. The van der Waals surface area contributed by atoms with Crippen molar-refractivity contribution < 1.29 is 4.42 Å². The second kappa shape index (κ2) is 11.5. The van der Waals surface area contributed by atoms with Crippen LogP contribution in [0.2, 0.25) is 0 Å². The molecule has 0 aliphatic heterocycles. The summed E-state index contributed by atoms with van der Waals surface area (Å²) < 4.78 is 7.17. The van der Waals surface area contributed by atoms with Gasteiger partial charge in [0.05, 0.1) is 0 Å². The van der Waals surface area contributed by atoms with Crippen molar-refractivity contribution in [2.45, 2.75) is 19.3 Å². The lowest BCUT2D eigenvalue weighted by molar-refractivity contribution is 0.654. The third kappa shape index (κ3) is 4.20. The van der Waals surface area contributed by atoms with Gasteiger partial charge in [-0.15, -0.1) is 0 Å². The van der Waals surface area contributed by atoms with Crippen molar-refractivity contribution >= 4 is 65.0 Å². The Morgan fingerprint density at radius 2 is 0.893 bits per heavy atom. The number of furan rings is 1. The first-order valence-electron chi connectivity index (χ1n) is 19.6. The molecule has 0 N–H and O–H groups in total. The van der Waals surface area contributed by atoms with E-state index >= 15 is 0 Å². The molecular formula is C55H36O. The highest BCUT2D eigenvalue weighted by molar-refractivity contribution is 6.27. The summed E-state index contributed by atoms with van der Waals surface area (Å²) >= 11 is 0. The zero-order valence-electron chi connectivity index (χ0n) is 31.2. The van der Waals surface area contributed by atoms with Crippen molar-refractivity contribution in [1.82, 2.24) is 0 Å². The highest BCUT2D eigenvalue weighted by Gasteiger charge is 2.39. The molecule has 56 heavy (non-hydrogen) atoms. The van der Waals surface area contributed by atoms with Crippen LogP contribution in [0.4, 0.5) is 0 Å². The van der Waals surface area contributed by atoms with E-state index in [-0.39, 0.29) is 5.41 Å². The van der Waals surface area contributed by atoms with Gasteiger partial charge in [0, 0.05) is 27.1 Å². The van der Waals surface area contributed by atoms with Crippen LogP contribution < -0.4 is 0 Å². The van der Waals surface area contributed by atoms with E-state index in [4.69, 9.17) is 4.42 Å². The van der Waals surface area contributed by atoms with E-state index in [1.807, 2.05) is 0 Å². The largest absolute Gasteiger partial charge is 0.455 e. The maximum absolute atomic E-state index is 7.17. The van der Waals surface area contributed by atoms with E-state index in [2.05, 4.69) is 196 Å². The van der Waals surface area contributed by atoms with Gasteiger partial charge in [0.2, 0.25) is 0 Å². The average molecular weight is 713 g/mol. The van der Waals surface area contributed by atoms with Crippen molar-refractivity contribution in [1.29, 1.82) is 0 Å². The Bertz CT molecular complexity index is 3380. The predicted molar refractivity (Wildman–Crippen MR) is 238 cm³/mol. The van der Waals surface area contributed by atoms with Crippen LogP contribution >= 0.6 is 0 Å². The minimum Gasteiger partial charge on any atom is -0.455 e. The third-order valence-corrected chi connectivity index (χ3v) is 12.7. The van der Waals surface area contributed by atoms with E-state index in [0.717, 1.165) is 21.9 Å². The molecule has 0 spiro atoms. The topological polar surface area (TPSA) is 13.1 Å². The fraction of sp³-hybridized carbons (Fsp3) is 0.0545. The van der Waals surface area contributed by atoms with Gasteiger partial charge >= 0.3 is 0 Å². The van der Waals surface area contributed by atoms with Crippen LogP contribution in [-0.2, 0) is 5.41 Å². The van der Waals surface area contributed by atoms with Gasteiger partial charge < -0.3 is 4.42 Å². The first-order valence-corrected chi connectivity index (χ1v) is 19.6. The SMILES string of the molecule is CC1(C)c2ccccc2-c2c1cc(-c1ccc(-c3c4ccccc4c(-c4ccccc4)c4ccccc34)c3ccccc13)c1c2oc2c3ccccc3ccc21. The van der Waals surface area contributed by atoms with Gasteiger partial charge in [-0.25, -0.2) is 0 Å². The molecule has 0 bridgehead atoms. The minimum atomic E-state index is -0.190. The van der Waals surface area contributed by atoms with Crippen LogP contribution in [-0.4, -0.2) is 0 Å². The highest BCUT2D eigenvalue weighted by atomic mass is 16.3. The molecule has 262 valence electrons. The maximum atomic E-state index is 7.17. The summed E-state index contributed by atoms with van der Waals surface area (Å²) in [4.78, 5) is 0. The smallest absolute Gasteiger partial charge is 0.144 e. The number of fused-ring (bicyclic) bond motifs is 12. The zero-order valence-corrected chi connectivity index (χ0v) is 31.2. The second-order valence-electron chi connectivity index (χ2n) is 15.9. The maximum Gasteiger partial charge on any atom is 0.144 e. The molecule has 0 fully saturated rings. The summed E-state index contributed by atoms with van der Waals surface area (Å²) in [5, 5.41) is 12.2. The Morgan fingerprint density at radius 1 is 0.339 bits per heavy atom. The number of rotatable bonds is 3. The van der Waals surface area contributed by atoms with Crippen molar-refractivity contribution in [3.63, 3.8) is 0 Å². The van der Waals surface area contributed by atoms with E-state index < -0.39 is 0 Å². The average Bonchev–Trinajstić information content (AvgIpc) is 3.75. The molecule has 0 radical (unpaired) electrons. The van der Waals surface area contributed by atoms with Crippen LogP contribution in [0.25, 0.3) is 110 Å². The Balaban J connectivity index is 1.20. The molecule has 1 nitrogen and oxygen atoms in total. The van der Waals surface area contributed by atoms with E-state index in [1.165, 1.54) is 98.7 Å². The summed E-state index contributed by atoms with van der Waals surface area (Å²) in [6.07, 6.45) is 0. The number of hydrogen-bond donors (Lipinski definition) is 0. The molecule has 11 aromatic rings. The van der Waals surface area contributed by atoms with Gasteiger partial charge in [-0.1, -0.05) is 184 Å². The highest BCUT2D eigenvalue weighted by Crippen LogP contribution is 2.56. The zero-order chi connectivity index (χ0) is 37.1. The first kappa shape index (κ1) is 31.4. The number of hydrogen-bond acceptors (Lipinski definition) is 1. The fourth-order valence-electron chi connectivity index (χ4n) is 10.1. The standard InChI is InChI=1S/C55H36O/c1-55(2)47-27-15-14-26-44(47)52-48(55)32-46(51-45-29-28-33-16-6-7-19-35(33)53(45)56-54(51)52)38-30-31-43(37-21-9-8-20-36(37)38)50-41-24-12-10-22-39(41)49(34-17-4-3-5-18-34)40-23-11-13-25-42(40)50/h3-32H,1-2H3. The van der Waals surface area contributed by atoms with Crippen molar-refractivity contribution in [3.8, 4) is 44.5 Å². The molecule has 0 saturated carbocycles. The van der Waals surface area contributed by atoms with E-state index in [9.17, 15) is 0 Å². The van der Waals surface area contributed by atoms with Gasteiger partial charge in [0.25, 0.3) is 0 Å². The van der Waals surface area contributed by atoms with E-state index in [1.54, 1.807) is 0 Å². The molecule has 0 unspecified atom stereocenters. The molecular weight excluding hydrogens is 677 g/mol. The second-order valence-corrected chi connectivity index (χ2v) is 15.9. The fourth-order valence-corrected chi connectivity index (χ4v) is 10.1. The lowest BCUT2D eigenvalue weighted by Gasteiger charge is -2.23. The Hall–Kier alpha value is -6.96. The van der Waals surface area contributed by atoms with Gasteiger partial charge in [0.1, 0.15) is 11.2 Å². The minimum absolute atomic E-state index is 0.190. The van der Waals surface area contributed by atoms with Gasteiger partial charge in [-0.05, 0) is 99.9 Å². The number of benzene rings is 10. The molecule has 1 heterocycles. The van der Waals surface area contributed by atoms with Gasteiger partial charge in [-0.2, -0.15) is 0 Å². The Kier molecular flexibility index (Phi) is 6.46. The Labute approximate surface area is 325 Å². The summed E-state index contributed by atoms with van der Waals surface area (Å²) in [6, 6.07) is 67.0. The lowest BCUT2D eigenvalue weighted by atomic mass is 9.80. The third-order valence-electron chi connectivity index (χ3n) is 12.7. The molecule has 0 saturated heterocycles. The first-order chi connectivity index (χ1) is 27.6. The lowest BCUT2D eigenvalue weighted by Crippen LogP contribution is -2.15. The van der Waals surface area contributed by atoms with Crippen LogP contribution in [0, 0.1) is 0 Å². The summed E-state index contributed by atoms with van der Waals surface area (Å²) in [5.74, 6) is 0. The normalized spacial score (nSPS) is 13.3. The molecule has 1 heteroatoms. The molecule has 1 aromatic heterocycles. The molecule has 1 aliphatic carbocycles. The summed E-state index contributed by atoms with van der Waals surface area (Å²) in [6.45, 7) is 4.73. The van der Waals surface area contributed by atoms with Crippen LogP contribution in [0.15, 0.2) is 186 Å². The molecule has 12 rings (SSSR count). The van der Waals surface area contributed by atoms with Gasteiger partial charge in [-0.3, -0.25) is 0 Å². The summed E-state index contributed by atoms with van der Waals surface area (Å²) in [7, 11) is 0. The predicted octanol–water partition coefficient (Wildman–Crippen LogP) is 15.5. The molecule has 1 aliphatic rings. The van der Waals surface area contributed by atoms with Gasteiger partial charge in [0.15, 0.2) is 0 Å². The van der Waals surface area contributed by atoms with Crippen molar-refractivity contribution in [3.05, 3.63) is 193 Å². The Morgan fingerprint density at radius 3 is 1.61 bits per heavy atom. The quantitative estimate of drug-likeness (QED) is 0.166. The van der Waals surface area contributed by atoms with Crippen LogP contribution in [0.5, 0.6) is 0 Å².